The molecular formula is C18H21FN4O2. The van der Waals surface area contributed by atoms with Crippen LogP contribution in [0.1, 0.15) is 43.4 Å². The summed E-state index contributed by atoms with van der Waals surface area (Å²) < 4.78 is 14.5. The number of amides is 1. The third-order valence-corrected chi connectivity index (χ3v) is 5.68. The van der Waals surface area contributed by atoms with Gasteiger partial charge in [-0.15, -0.1) is 0 Å². The molecule has 2 aliphatic rings. The van der Waals surface area contributed by atoms with Crippen molar-refractivity contribution in [2.45, 2.75) is 43.1 Å². The molecule has 0 unspecified atom stereocenters. The summed E-state index contributed by atoms with van der Waals surface area (Å²) in [4.78, 5) is 15.0. The number of benzene rings is 1. The Balaban J connectivity index is 1.64. The lowest BCUT2D eigenvalue weighted by Crippen LogP contribution is -2.46. The Hall–Kier alpha value is -2.28. The van der Waals surface area contributed by atoms with Crippen molar-refractivity contribution in [1.82, 2.24) is 20.3 Å². The first-order valence-corrected chi connectivity index (χ1v) is 8.68. The fraction of sp³-hybridized carbons (Fsp3) is 0.500. The first-order valence-electron chi connectivity index (χ1n) is 8.68. The van der Waals surface area contributed by atoms with Crippen LogP contribution in [0.4, 0.5) is 4.39 Å². The Morgan fingerprint density at radius 2 is 2.00 bits per heavy atom. The van der Waals surface area contributed by atoms with Crippen LogP contribution in [0.2, 0.25) is 0 Å². The summed E-state index contributed by atoms with van der Waals surface area (Å²) in [5.41, 5.74) is -1.10. The normalized spacial score (nSPS) is 25.4. The molecule has 2 heterocycles. The highest BCUT2D eigenvalue weighted by Gasteiger charge is 2.50. The van der Waals surface area contributed by atoms with Crippen LogP contribution >= 0.6 is 0 Å². The van der Waals surface area contributed by atoms with Crippen LogP contribution in [-0.4, -0.2) is 44.4 Å². The van der Waals surface area contributed by atoms with Crippen molar-refractivity contribution in [3.8, 4) is 0 Å². The maximum absolute atomic E-state index is 14.5. The van der Waals surface area contributed by atoms with Crippen LogP contribution in [0.25, 0.3) is 0 Å². The molecule has 2 N–H and O–H groups in total. The van der Waals surface area contributed by atoms with Gasteiger partial charge in [0.25, 0.3) is 0 Å². The molecule has 1 aromatic heterocycles. The third kappa shape index (κ3) is 2.54. The van der Waals surface area contributed by atoms with E-state index in [2.05, 4.69) is 15.4 Å². The summed E-state index contributed by atoms with van der Waals surface area (Å²) in [6.07, 6.45) is 4.98. The molecule has 1 aliphatic heterocycles. The van der Waals surface area contributed by atoms with E-state index in [0.29, 0.717) is 37.1 Å². The zero-order valence-corrected chi connectivity index (χ0v) is 13.9. The van der Waals surface area contributed by atoms with Gasteiger partial charge >= 0.3 is 0 Å². The summed E-state index contributed by atoms with van der Waals surface area (Å²) in [5, 5.41) is 21.0. The summed E-state index contributed by atoms with van der Waals surface area (Å²) in [5.74, 6) is -0.418. The highest BCUT2D eigenvalue weighted by Crippen LogP contribution is 2.45. The van der Waals surface area contributed by atoms with Gasteiger partial charge in [0, 0.05) is 18.5 Å². The van der Waals surface area contributed by atoms with Crippen molar-refractivity contribution >= 4 is 5.91 Å². The fourth-order valence-electron chi connectivity index (χ4n) is 4.33. The highest BCUT2D eigenvalue weighted by atomic mass is 19.1. The van der Waals surface area contributed by atoms with Gasteiger partial charge in [-0.2, -0.15) is 15.4 Å². The minimum Gasteiger partial charge on any atom is -0.381 e. The molecule has 4 rings (SSSR count). The number of hydrogen-bond acceptors (Lipinski definition) is 4. The van der Waals surface area contributed by atoms with Gasteiger partial charge in [0.05, 0.1) is 18.2 Å². The molecule has 1 aliphatic carbocycles. The standard InChI is InChI=1S/C18H21FN4O2/c19-14-6-2-1-5-13(14)17(7-3-4-8-17)16(24)23-10-9-18(25,12-23)15-11-20-22-21-15/h1-2,5-6,11,25H,3-4,7-10,12H2,(H,20,21,22)/t18-/m0/s1. The number of carbonyl (C=O) groups excluding carboxylic acids is 1. The summed E-state index contributed by atoms with van der Waals surface area (Å²) in [6.45, 7) is 0.590. The molecule has 1 aromatic carbocycles. The van der Waals surface area contributed by atoms with Crippen LogP contribution in [0.5, 0.6) is 0 Å². The number of rotatable bonds is 3. The quantitative estimate of drug-likeness (QED) is 0.891. The zero-order chi connectivity index (χ0) is 17.5. The molecule has 1 saturated heterocycles. The number of nitrogens with zero attached hydrogens (tertiary/aromatic N) is 3. The number of carbonyl (C=O) groups is 1. The van der Waals surface area contributed by atoms with Crippen molar-refractivity contribution in [3.05, 3.63) is 47.5 Å². The predicted molar refractivity (Wildman–Crippen MR) is 88.0 cm³/mol. The van der Waals surface area contributed by atoms with E-state index in [1.54, 1.807) is 23.1 Å². The maximum atomic E-state index is 14.5. The molecule has 2 aromatic rings. The molecule has 1 amide bonds. The molecule has 0 radical (unpaired) electrons. The van der Waals surface area contributed by atoms with Gasteiger partial charge in [-0.25, -0.2) is 4.39 Å². The smallest absolute Gasteiger partial charge is 0.233 e. The lowest BCUT2D eigenvalue weighted by molar-refractivity contribution is -0.137. The molecule has 132 valence electrons. The number of aromatic nitrogens is 3. The monoisotopic (exact) mass is 344 g/mol. The van der Waals surface area contributed by atoms with Crippen LogP contribution in [0.15, 0.2) is 30.5 Å². The lowest BCUT2D eigenvalue weighted by Gasteiger charge is -2.33. The number of halogens is 1. The molecular weight excluding hydrogens is 323 g/mol. The number of aliphatic hydroxyl groups is 1. The summed E-state index contributed by atoms with van der Waals surface area (Å²) in [6, 6.07) is 6.56. The van der Waals surface area contributed by atoms with Crippen molar-refractivity contribution in [2.75, 3.05) is 13.1 Å². The maximum Gasteiger partial charge on any atom is 0.233 e. The molecule has 7 heteroatoms. The molecule has 0 bridgehead atoms. The Kier molecular flexibility index (Phi) is 3.83. The summed E-state index contributed by atoms with van der Waals surface area (Å²) >= 11 is 0. The van der Waals surface area contributed by atoms with Gasteiger partial charge in [0.15, 0.2) is 0 Å². The molecule has 25 heavy (non-hydrogen) atoms. The molecule has 0 spiro atoms. The topological polar surface area (TPSA) is 82.1 Å². The van der Waals surface area contributed by atoms with E-state index in [4.69, 9.17) is 0 Å². The predicted octanol–water partition coefficient (Wildman–Crippen LogP) is 1.88. The van der Waals surface area contributed by atoms with E-state index in [1.807, 2.05) is 0 Å². The van der Waals surface area contributed by atoms with E-state index >= 15 is 0 Å². The van der Waals surface area contributed by atoms with E-state index in [1.165, 1.54) is 12.3 Å². The second kappa shape index (κ2) is 5.91. The number of nitrogens with one attached hydrogen (secondary N) is 1. The fourth-order valence-corrected chi connectivity index (χ4v) is 4.33. The third-order valence-electron chi connectivity index (χ3n) is 5.68. The number of likely N-dealkylation sites (tertiary alicyclic amines) is 1. The second-order valence-electron chi connectivity index (χ2n) is 7.13. The molecule has 1 saturated carbocycles. The Morgan fingerprint density at radius 3 is 2.68 bits per heavy atom. The minimum absolute atomic E-state index is 0.0884. The molecule has 6 nitrogen and oxygen atoms in total. The average Bonchev–Trinajstić information content (AvgIpc) is 3.36. The lowest BCUT2D eigenvalue weighted by atomic mass is 9.77. The van der Waals surface area contributed by atoms with Gasteiger partial charge in [-0.1, -0.05) is 31.0 Å². The van der Waals surface area contributed by atoms with Gasteiger partial charge in [0.1, 0.15) is 17.1 Å². The molecule has 1 atom stereocenters. The van der Waals surface area contributed by atoms with Crippen molar-refractivity contribution in [1.29, 1.82) is 0 Å². The highest BCUT2D eigenvalue weighted by molar-refractivity contribution is 5.89. The van der Waals surface area contributed by atoms with E-state index in [9.17, 15) is 14.3 Å². The largest absolute Gasteiger partial charge is 0.381 e. The van der Waals surface area contributed by atoms with Crippen LogP contribution in [-0.2, 0) is 15.8 Å². The number of aromatic amines is 1. The van der Waals surface area contributed by atoms with Crippen molar-refractivity contribution < 1.29 is 14.3 Å². The minimum atomic E-state index is -1.20. The van der Waals surface area contributed by atoms with E-state index < -0.39 is 11.0 Å². The first-order chi connectivity index (χ1) is 12.1. The number of hydrogen-bond donors (Lipinski definition) is 2. The van der Waals surface area contributed by atoms with Gasteiger partial charge in [0.2, 0.25) is 5.91 Å². The van der Waals surface area contributed by atoms with Crippen LogP contribution in [0, 0.1) is 5.82 Å². The zero-order valence-electron chi connectivity index (χ0n) is 13.9. The van der Waals surface area contributed by atoms with E-state index in [-0.39, 0.29) is 18.3 Å². The van der Waals surface area contributed by atoms with Crippen LogP contribution in [0.3, 0.4) is 0 Å². The van der Waals surface area contributed by atoms with Crippen molar-refractivity contribution in [2.24, 2.45) is 0 Å². The Labute approximate surface area is 145 Å². The van der Waals surface area contributed by atoms with Gasteiger partial charge in [-0.05, 0) is 18.9 Å². The van der Waals surface area contributed by atoms with Crippen molar-refractivity contribution in [3.63, 3.8) is 0 Å². The second-order valence-corrected chi connectivity index (χ2v) is 7.13. The van der Waals surface area contributed by atoms with Gasteiger partial charge in [-0.3, -0.25) is 4.79 Å². The first kappa shape index (κ1) is 16.2. The Morgan fingerprint density at radius 1 is 1.24 bits per heavy atom. The number of H-pyrrole nitrogens is 1. The van der Waals surface area contributed by atoms with Crippen LogP contribution < -0.4 is 0 Å². The molecule has 2 fully saturated rings. The summed E-state index contributed by atoms with van der Waals surface area (Å²) in [7, 11) is 0. The average molecular weight is 344 g/mol. The van der Waals surface area contributed by atoms with Gasteiger partial charge < -0.3 is 10.0 Å². The number of β-amino-alcohol motifs (C(OH)–C–C–N with tert-alkyl or cyclic N) is 1. The van der Waals surface area contributed by atoms with E-state index in [0.717, 1.165) is 12.8 Å². The SMILES string of the molecule is O=C(N1CC[C@@](O)(c2cn[nH]n2)C1)C1(c2ccccc2F)CCCC1. The Bertz CT molecular complexity index is 773.